The first kappa shape index (κ1) is 10.9. The van der Waals surface area contributed by atoms with Gasteiger partial charge in [0.25, 0.3) is 0 Å². The second-order valence-corrected chi connectivity index (χ2v) is 3.91. The molecule has 0 aliphatic carbocycles. The maximum absolute atomic E-state index is 2.21. The Labute approximate surface area is 97.6 Å². The molecule has 0 aliphatic heterocycles. The third-order valence-electron chi connectivity index (χ3n) is 2.88. The fourth-order valence-corrected chi connectivity index (χ4v) is 2.10. The van der Waals surface area contributed by atoms with Crippen molar-refractivity contribution >= 4 is 10.8 Å². The van der Waals surface area contributed by atoms with E-state index < -0.39 is 0 Å². The van der Waals surface area contributed by atoms with Crippen LogP contribution in [0.5, 0.6) is 0 Å². The molecule has 0 heterocycles. The van der Waals surface area contributed by atoms with Crippen molar-refractivity contribution in [2.45, 2.75) is 20.3 Å². The molecule has 0 fully saturated rings. The molecule has 1 radical (unpaired) electrons. The van der Waals surface area contributed by atoms with E-state index in [4.69, 9.17) is 0 Å². The van der Waals surface area contributed by atoms with E-state index in [0.29, 0.717) is 0 Å². The predicted molar refractivity (Wildman–Crippen MR) is 71.4 cm³/mol. The summed E-state index contributed by atoms with van der Waals surface area (Å²) in [5.41, 5.74) is 1.36. The van der Waals surface area contributed by atoms with Gasteiger partial charge >= 0.3 is 0 Å². The molecule has 0 saturated heterocycles. The average molecular weight is 209 g/mol. The van der Waals surface area contributed by atoms with Crippen LogP contribution in [0.25, 0.3) is 10.8 Å². The Kier molecular flexibility index (Phi) is 3.40. The number of hydrogen-bond donors (Lipinski definition) is 0. The molecular formula is C16H17. The van der Waals surface area contributed by atoms with Gasteiger partial charge in [0.05, 0.1) is 0 Å². The summed E-state index contributed by atoms with van der Waals surface area (Å²) in [6.07, 6.45) is 5.39. The van der Waals surface area contributed by atoms with Crippen LogP contribution in [-0.2, 0) is 0 Å². The van der Waals surface area contributed by atoms with Gasteiger partial charge in [-0.05, 0) is 29.7 Å². The first-order chi connectivity index (χ1) is 7.86. The van der Waals surface area contributed by atoms with Crippen LogP contribution < -0.4 is 0 Å². The van der Waals surface area contributed by atoms with Crippen molar-refractivity contribution in [1.29, 1.82) is 0 Å². The predicted octanol–water partition coefficient (Wildman–Crippen LogP) is 4.75. The first-order valence-electron chi connectivity index (χ1n) is 5.83. The van der Waals surface area contributed by atoms with Gasteiger partial charge in [0.15, 0.2) is 0 Å². The highest BCUT2D eigenvalue weighted by Crippen LogP contribution is 2.27. The molecule has 81 valence electrons. The van der Waals surface area contributed by atoms with Crippen LogP contribution in [0, 0.1) is 5.92 Å². The summed E-state index contributed by atoms with van der Waals surface area (Å²) in [7, 11) is 0. The van der Waals surface area contributed by atoms with Crippen molar-refractivity contribution in [2.75, 3.05) is 0 Å². The van der Waals surface area contributed by atoms with E-state index >= 15 is 0 Å². The molecule has 16 heavy (non-hydrogen) atoms. The van der Waals surface area contributed by atoms with E-state index in [9.17, 15) is 0 Å². The lowest BCUT2D eigenvalue weighted by Crippen LogP contribution is -1.95. The standard InChI is InChI=1S/C16H17/c1-3-8-13(4-2)15-12-7-10-14-9-5-6-11-16(14)15/h3,5-12H,4H2,1-2H3/b8-3+. The molecule has 2 aromatic carbocycles. The second-order valence-electron chi connectivity index (χ2n) is 3.91. The third-order valence-corrected chi connectivity index (χ3v) is 2.88. The molecule has 0 unspecified atom stereocenters. The minimum atomic E-state index is 1.07. The zero-order chi connectivity index (χ0) is 11.4. The summed E-state index contributed by atoms with van der Waals surface area (Å²) in [6, 6.07) is 15.1. The minimum Gasteiger partial charge on any atom is -0.0907 e. The van der Waals surface area contributed by atoms with Gasteiger partial charge in [0.2, 0.25) is 0 Å². The van der Waals surface area contributed by atoms with Crippen LogP contribution in [0.4, 0.5) is 0 Å². The summed E-state index contributed by atoms with van der Waals surface area (Å²) in [5, 5.41) is 2.66. The maximum atomic E-state index is 2.21. The molecule has 0 atom stereocenters. The number of fused-ring (bicyclic) bond motifs is 1. The Morgan fingerprint density at radius 3 is 2.56 bits per heavy atom. The first-order valence-corrected chi connectivity index (χ1v) is 5.83. The summed E-state index contributed by atoms with van der Waals surface area (Å²) >= 11 is 0. The molecule has 0 amide bonds. The summed E-state index contributed by atoms with van der Waals surface area (Å²) in [6.45, 7) is 4.28. The quantitative estimate of drug-likeness (QED) is 0.684. The Balaban J connectivity index is 2.58. The number of hydrogen-bond acceptors (Lipinski definition) is 0. The summed E-state index contributed by atoms with van der Waals surface area (Å²) in [4.78, 5) is 0. The molecule has 0 bridgehead atoms. The molecule has 0 nitrogen and oxygen atoms in total. The van der Waals surface area contributed by atoms with Crippen LogP contribution in [0.3, 0.4) is 0 Å². The van der Waals surface area contributed by atoms with Gasteiger partial charge < -0.3 is 0 Å². The van der Waals surface area contributed by atoms with Gasteiger partial charge in [0, 0.05) is 5.92 Å². The lowest BCUT2D eigenvalue weighted by atomic mass is 9.91. The lowest BCUT2D eigenvalue weighted by molar-refractivity contribution is 1.02. The van der Waals surface area contributed by atoms with E-state index in [2.05, 4.69) is 68.5 Å². The van der Waals surface area contributed by atoms with E-state index in [-0.39, 0.29) is 0 Å². The van der Waals surface area contributed by atoms with Crippen molar-refractivity contribution in [3.63, 3.8) is 0 Å². The minimum absolute atomic E-state index is 1.07. The Bertz CT molecular complexity index is 489. The molecule has 0 N–H and O–H groups in total. The zero-order valence-electron chi connectivity index (χ0n) is 9.90. The van der Waals surface area contributed by atoms with E-state index in [1.54, 1.807) is 0 Å². The monoisotopic (exact) mass is 209 g/mol. The Hall–Kier alpha value is -1.56. The smallest absolute Gasteiger partial charge is 0.0267 e. The molecule has 0 aliphatic rings. The zero-order valence-corrected chi connectivity index (χ0v) is 9.90. The fourth-order valence-electron chi connectivity index (χ4n) is 2.10. The molecule has 0 aromatic heterocycles. The molecule has 0 saturated carbocycles. The van der Waals surface area contributed by atoms with Crippen molar-refractivity contribution < 1.29 is 0 Å². The highest BCUT2D eigenvalue weighted by Gasteiger charge is 2.09. The van der Waals surface area contributed by atoms with Gasteiger partial charge in [0.1, 0.15) is 0 Å². The second kappa shape index (κ2) is 4.98. The largest absolute Gasteiger partial charge is 0.0907 e. The van der Waals surface area contributed by atoms with Crippen molar-refractivity contribution in [2.24, 2.45) is 0 Å². The molecule has 0 heteroatoms. The highest BCUT2D eigenvalue weighted by molar-refractivity contribution is 5.87. The van der Waals surface area contributed by atoms with Crippen LogP contribution in [0.2, 0.25) is 0 Å². The summed E-state index contributed by atoms with van der Waals surface area (Å²) in [5.74, 6) is 1.40. The van der Waals surface area contributed by atoms with Gasteiger partial charge in [-0.15, -0.1) is 0 Å². The van der Waals surface area contributed by atoms with Crippen molar-refractivity contribution in [3.8, 4) is 0 Å². The summed E-state index contributed by atoms with van der Waals surface area (Å²) < 4.78 is 0. The topological polar surface area (TPSA) is 0 Å². The molecule has 2 rings (SSSR count). The molecule has 2 aromatic rings. The number of rotatable bonds is 3. The number of allylic oxidation sites excluding steroid dienone is 2. The van der Waals surface area contributed by atoms with Crippen molar-refractivity contribution in [3.05, 3.63) is 66.1 Å². The number of benzene rings is 2. The van der Waals surface area contributed by atoms with Crippen LogP contribution >= 0.6 is 0 Å². The van der Waals surface area contributed by atoms with Gasteiger partial charge in [-0.2, -0.15) is 0 Å². The molecule has 0 spiro atoms. The third kappa shape index (κ3) is 2.01. The van der Waals surface area contributed by atoms with E-state index in [0.717, 1.165) is 6.42 Å². The Morgan fingerprint density at radius 2 is 1.81 bits per heavy atom. The lowest BCUT2D eigenvalue weighted by Gasteiger charge is -2.12. The van der Waals surface area contributed by atoms with Crippen molar-refractivity contribution in [1.82, 2.24) is 0 Å². The fraction of sp³-hybridized carbons (Fsp3) is 0.188. The van der Waals surface area contributed by atoms with Crippen LogP contribution in [0.15, 0.2) is 54.6 Å². The molecular weight excluding hydrogens is 192 g/mol. The highest BCUT2D eigenvalue weighted by atomic mass is 14.1. The van der Waals surface area contributed by atoms with Gasteiger partial charge in [-0.1, -0.05) is 61.5 Å². The normalized spacial score (nSPS) is 11.7. The van der Waals surface area contributed by atoms with E-state index in [1.165, 1.54) is 22.3 Å². The van der Waals surface area contributed by atoms with Crippen LogP contribution in [0.1, 0.15) is 25.8 Å². The average Bonchev–Trinajstić information content (AvgIpc) is 2.35. The SMILES string of the molecule is C/C=C/[C](CC)c1cccc2ccccc12. The Morgan fingerprint density at radius 1 is 1.06 bits per heavy atom. The van der Waals surface area contributed by atoms with Crippen LogP contribution in [-0.4, -0.2) is 0 Å². The maximum Gasteiger partial charge on any atom is 0.0267 e. The van der Waals surface area contributed by atoms with E-state index in [1.807, 2.05) is 0 Å². The van der Waals surface area contributed by atoms with Gasteiger partial charge in [-0.25, -0.2) is 0 Å². The van der Waals surface area contributed by atoms with Gasteiger partial charge in [-0.3, -0.25) is 0 Å².